The second-order valence-electron chi connectivity index (χ2n) is 6.20. The van der Waals surface area contributed by atoms with Gasteiger partial charge in [0.1, 0.15) is 0 Å². The third-order valence-corrected chi connectivity index (χ3v) is 4.52. The SMILES string of the molecule is C=C1CC2(C1)C[C@H](C)CC[C@H]2C(C)C. The predicted octanol–water partition coefficient (Wildman–Crippen LogP) is 4.42. The molecule has 0 radical (unpaired) electrons. The minimum atomic E-state index is 0.683. The lowest BCUT2D eigenvalue weighted by Gasteiger charge is -2.55. The van der Waals surface area contributed by atoms with Crippen molar-refractivity contribution in [3.8, 4) is 0 Å². The van der Waals surface area contributed by atoms with Crippen LogP contribution in [-0.2, 0) is 0 Å². The second kappa shape index (κ2) is 3.40. The molecule has 2 aliphatic carbocycles. The Kier molecular flexibility index (Phi) is 2.49. The van der Waals surface area contributed by atoms with Gasteiger partial charge >= 0.3 is 0 Å². The molecule has 0 bridgehead atoms. The fourth-order valence-corrected chi connectivity index (χ4v) is 4.11. The second-order valence-corrected chi connectivity index (χ2v) is 6.20. The van der Waals surface area contributed by atoms with Crippen LogP contribution in [0.1, 0.15) is 52.9 Å². The minimum absolute atomic E-state index is 0.683. The third kappa shape index (κ3) is 1.53. The van der Waals surface area contributed by atoms with E-state index in [1.165, 1.54) is 37.7 Å². The van der Waals surface area contributed by atoms with Crippen LogP contribution in [0.5, 0.6) is 0 Å². The summed E-state index contributed by atoms with van der Waals surface area (Å²) in [6.07, 6.45) is 7.05. The Morgan fingerprint density at radius 2 is 1.93 bits per heavy atom. The van der Waals surface area contributed by atoms with E-state index in [9.17, 15) is 0 Å². The van der Waals surface area contributed by atoms with Crippen LogP contribution in [0.3, 0.4) is 0 Å². The van der Waals surface area contributed by atoms with Gasteiger partial charge in [-0.3, -0.25) is 0 Å². The molecule has 0 aromatic heterocycles. The molecule has 0 nitrogen and oxygen atoms in total. The summed E-state index contributed by atoms with van der Waals surface area (Å²) in [7, 11) is 0. The maximum atomic E-state index is 4.13. The van der Waals surface area contributed by atoms with E-state index in [1.807, 2.05) is 0 Å². The van der Waals surface area contributed by atoms with Gasteiger partial charge in [-0.25, -0.2) is 0 Å². The highest BCUT2D eigenvalue weighted by atomic mass is 14.5. The average Bonchev–Trinajstić information content (AvgIpc) is 2.00. The first kappa shape index (κ1) is 10.3. The molecule has 80 valence electrons. The lowest BCUT2D eigenvalue weighted by molar-refractivity contribution is -0.00262. The van der Waals surface area contributed by atoms with Crippen LogP contribution < -0.4 is 0 Å². The molecule has 0 aromatic rings. The number of rotatable bonds is 1. The third-order valence-electron chi connectivity index (χ3n) is 4.52. The molecule has 2 aliphatic rings. The summed E-state index contributed by atoms with van der Waals surface area (Å²) in [5.74, 6) is 2.80. The van der Waals surface area contributed by atoms with E-state index >= 15 is 0 Å². The Bertz CT molecular complexity index is 228. The number of hydrogen-bond acceptors (Lipinski definition) is 0. The van der Waals surface area contributed by atoms with E-state index in [4.69, 9.17) is 0 Å². The van der Waals surface area contributed by atoms with Crippen molar-refractivity contribution in [2.45, 2.75) is 52.9 Å². The zero-order chi connectivity index (χ0) is 10.3. The fraction of sp³-hybridized carbons (Fsp3) is 0.857. The summed E-state index contributed by atoms with van der Waals surface area (Å²) >= 11 is 0. The van der Waals surface area contributed by atoms with Gasteiger partial charge in [0.25, 0.3) is 0 Å². The maximum Gasteiger partial charge on any atom is -0.0190 e. The van der Waals surface area contributed by atoms with Crippen molar-refractivity contribution in [3.63, 3.8) is 0 Å². The van der Waals surface area contributed by atoms with Crippen molar-refractivity contribution in [1.82, 2.24) is 0 Å². The number of hydrogen-bond donors (Lipinski definition) is 0. The zero-order valence-electron chi connectivity index (χ0n) is 9.97. The molecule has 0 aliphatic heterocycles. The van der Waals surface area contributed by atoms with E-state index in [1.54, 1.807) is 0 Å². The van der Waals surface area contributed by atoms with Crippen LogP contribution in [0, 0.1) is 23.2 Å². The summed E-state index contributed by atoms with van der Waals surface area (Å²) in [5.41, 5.74) is 2.19. The van der Waals surface area contributed by atoms with Crippen LogP contribution in [0.2, 0.25) is 0 Å². The van der Waals surface area contributed by atoms with Gasteiger partial charge in [-0.05, 0) is 48.9 Å². The Hall–Kier alpha value is -0.260. The molecule has 0 amide bonds. The first-order valence-corrected chi connectivity index (χ1v) is 6.20. The topological polar surface area (TPSA) is 0 Å². The monoisotopic (exact) mass is 192 g/mol. The van der Waals surface area contributed by atoms with Crippen LogP contribution in [0.15, 0.2) is 12.2 Å². The van der Waals surface area contributed by atoms with Crippen molar-refractivity contribution < 1.29 is 0 Å². The highest BCUT2D eigenvalue weighted by Crippen LogP contribution is 2.60. The molecule has 0 N–H and O–H groups in total. The van der Waals surface area contributed by atoms with Crippen LogP contribution in [0.25, 0.3) is 0 Å². The van der Waals surface area contributed by atoms with Gasteiger partial charge in [0, 0.05) is 0 Å². The van der Waals surface area contributed by atoms with Gasteiger partial charge in [0.15, 0.2) is 0 Å². The van der Waals surface area contributed by atoms with Gasteiger partial charge in [0.2, 0.25) is 0 Å². The van der Waals surface area contributed by atoms with Crippen LogP contribution >= 0.6 is 0 Å². The smallest absolute Gasteiger partial charge is 0.0190 e. The molecule has 0 heterocycles. The number of allylic oxidation sites excluding steroid dienone is 1. The molecule has 14 heavy (non-hydrogen) atoms. The highest BCUT2D eigenvalue weighted by molar-refractivity contribution is 5.18. The van der Waals surface area contributed by atoms with E-state index in [-0.39, 0.29) is 0 Å². The van der Waals surface area contributed by atoms with Gasteiger partial charge in [-0.15, -0.1) is 0 Å². The van der Waals surface area contributed by atoms with Crippen molar-refractivity contribution in [2.75, 3.05) is 0 Å². The molecule has 1 spiro atoms. The van der Waals surface area contributed by atoms with Crippen molar-refractivity contribution >= 4 is 0 Å². The highest BCUT2D eigenvalue weighted by Gasteiger charge is 2.49. The lowest BCUT2D eigenvalue weighted by atomic mass is 9.50. The molecule has 2 fully saturated rings. The molecule has 0 unspecified atom stereocenters. The largest absolute Gasteiger partial charge is 0.0998 e. The van der Waals surface area contributed by atoms with Gasteiger partial charge < -0.3 is 0 Å². The van der Waals surface area contributed by atoms with E-state index < -0.39 is 0 Å². The Labute approximate surface area is 88.8 Å². The molecular weight excluding hydrogens is 168 g/mol. The first-order chi connectivity index (χ1) is 6.53. The molecule has 2 atom stereocenters. The van der Waals surface area contributed by atoms with Gasteiger partial charge in [-0.1, -0.05) is 39.3 Å². The van der Waals surface area contributed by atoms with Crippen molar-refractivity contribution in [2.24, 2.45) is 23.2 Å². The molecule has 2 saturated carbocycles. The Morgan fingerprint density at radius 3 is 2.43 bits per heavy atom. The average molecular weight is 192 g/mol. The molecule has 0 saturated heterocycles. The van der Waals surface area contributed by atoms with Crippen LogP contribution in [0.4, 0.5) is 0 Å². The van der Waals surface area contributed by atoms with Crippen LogP contribution in [-0.4, -0.2) is 0 Å². The summed E-state index contributed by atoms with van der Waals surface area (Å²) in [5, 5.41) is 0. The fourth-order valence-electron chi connectivity index (χ4n) is 4.11. The molecule has 2 rings (SSSR count). The zero-order valence-corrected chi connectivity index (χ0v) is 9.97. The summed E-state index contributed by atoms with van der Waals surface area (Å²) in [6.45, 7) is 11.4. The van der Waals surface area contributed by atoms with E-state index in [0.717, 1.165) is 17.8 Å². The Morgan fingerprint density at radius 1 is 1.29 bits per heavy atom. The quantitative estimate of drug-likeness (QED) is 0.540. The van der Waals surface area contributed by atoms with Gasteiger partial charge in [-0.2, -0.15) is 0 Å². The summed E-state index contributed by atoms with van der Waals surface area (Å²) in [6, 6.07) is 0. The normalized spacial score (nSPS) is 36.1. The molecular formula is C14H24. The maximum absolute atomic E-state index is 4.13. The van der Waals surface area contributed by atoms with Gasteiger partial charge in [0.05, 0.1) is 0 Å². The lowest BCUT2D eigenvalue weighted by Crippen LogP contribution is -2.45. The predicted molar refractivity (Wildman–Crippen MR) is 62.2 cm³/mol. The summed E-state index contributed by atoms with van der Waals surface area (Å²) in [4.78, 5) is 0. The first-order valence-electron chi connectivity index (χ1n) is 6.20. The standard InChI is InChI=1S/C14H24/c1-10(2)13-6-5-11(3)7-14(13)8-12(4)9-14/h10-11,13H,4-9H2,1-3H3/t11-,13+/m1/s1. The van der Waals surface area contributed by atoms with E-state index in [2.05, 4.69) is 27.4 Å². The Balaban J connectivity index is 2.12. The molecule has 0 aromatic carbocycles. The van der Waals surface area contributed by atoms with Crippen molar-refractivity contribution in [1.29, 1.82) is 0 Å². The molecule has 0 heteroatoms. The minimum Gasteiger partial charge on any atom is -0.0998 e. The summed E-state index contributed by atoms with van der Waals surface area (Å²) < 4.78 is 0. The van der Waals surface area contributed by atoms with E-state index in [0.29, 0.717) is 5.41 Å². The van der Waals surface area contributed by atoms with Crippen molar-refractivity contribution in [3.05, 3.63) is 12.2 Å².